The fourth-order valence-electron chi connectivity index (χ4n) is 3.37. The van der Waals surface area contributed by atoms with Crippen molar-refractivity contribution in [2.45, 2.75) is 24.3 Å². The van der Waals surface area contributed by atoms with Gasteiger partial charge in [-0.3, -0.25) is 0 Å². The summed E-state index contributed by atoms with van der Waals surface area (Å²) in [5.41, 5.74) is 0.247. The highest BCUT2D eigenvalue weighted by Crippen LogP contribution is 2.40. The zero-order valence-corrected chi connectivity index (χ0v) is 17.0. The Balaban J connectivity index is 1.79. The van der Waals surface area contributed by atoms with Crippen LogP contribution in [0.3, 0.4) is 0 Å². The van der Waals surface area contributed by atoms with Crippen molar-refractivity contribution in [2.75, 3.05) is 6.26 Å². The monoisotopic (exact) mass is 409 g/mol. The number of rotatable bonds is 4. The van der Waals surface area contributed by atoms with E-state index < -0.39 is 21.4 Å². The first-order valence-corrected chi connectivity index (χ1v) is 10.9. The Hall–Kier alpha value is -3.19. The molecule has 0 aliphatic carbocycles. The third kappa shape index (κ3) is 3.61. The van der Waals surface area contributed by atoms with Gasteiger partial charge in [0, 0.05) is 23.9 Å². The Bertz CT molecular complexity index is 1260. The van der Waals surface area contributed by atoms with Crippen LogP contribution in [0.2, 0.25) is 0 Å². The van der Waals surface area contributed by atoms with E-state index in [1.807, 2.05) is 24.3 Å². The molecule has 0 saturated carbocycles. The number of hydrogen-bond acceptors (Lipinski definition) is 6. The Morgan fingerprint density at radius 2 is 1.66 bits per heavy atom. The molecule has 1 aliphatic rings. The second kappa shape index (κ2) is 6.70. The number of sulfone groups is 1. The molecule has 0 fully saturated rings. The van der Waals surface area contributed by atoms with Gasteiger partial charge in [0.2, 0.25) is 11.6 Å². The van der Waals surface area contributed by atoms with E-state index in [4.69, 9.17) is 9.47 Å². The molecule has 0 bridgehead atoms. The lowest BCUT2D eigenvalue weighted by Crippen LogP contribution is -2.22. The Kier molecular flexibility index (Phi) is 4.42. The summed E-state index contributed by atoms with van der Waals surface area (Å²) in [7, 11) is -3.32. The topological polar surface area (TPSA) is 82.6 Å². The zero-order chi connectivity index (χ0) is 20.8. The minimum absolute atomic E-state index is 0.0462. The number of esters is 1. The first-order valence-electron chi connectivity index (χ1n) is 8.96. The summed E-state index contributed by atoms with van der Waals surface area (Å²) in [6.07, 6.45) is 2.82. The van der Waals surface area contributed by atoms with E-state index in [9.17, 15) is 13.2 Å². The van der Waals surface area contributed by atoms with Crippen LogP contribution in [0, 0.1) is 0 Å². The molecular weight excluding hydrogens is 390 g/mol. The normalized spacial score (nSPS) is 16.2. The standard InChI is InChI=1S/C22H19NO5S/c1-22(2)19(14-8-10-17(11-9-14)29(3,25)26)20(21(24)28-22)27-18-12-15-6-4-5-7-16(15)13-23-18/h4-13H,1-3H3. The van der Waals surface area contributed by atoms with Gasteiger partial charge in [0.15, 0.2) is 9.84 Å². The average molecular weight is 409 g/mol. The van der Waals surface area contributed by atoms with Gasteiger partial charge >= 0.3 is 5.97 Å². The molecule has 148 valence electrons. The molecule has 3 aromatic rings. The average Bonchev–Trinajstić information content (AvgIpc) is 2.89. The summed E-state index contributed by atoms with van der Waals surface area (Å²) in [4.78, 5) is 17.0. The van der Waals surface area contributed by atoms with Gasteiger partial charge in [-0.1, -0.05) is 36.4 Å². The van der Waals surface area contributed by atoms with Crippen LogP contribution in [-0.2, 0) is 19.4 Å². The SMILES string of the molecule is CC1(C)OC(=O)C(Oc2cc3ccccc3cn2)=C1c1ccc(S(C)(=O)=O)cc1. The van der Waals surface area contributed by atoms with Gasteiger partial charge in [0.05, 0.1) is 10.5 Å². The van der Waals surface area contributed by atoms with Gasteiger partial charge < -0.3 is 9.47 Å². The predicted octanol–water partition coefficient (Wildman–Crippen LogP) is 3.76. The van der Waals surface area contributed by atoms with Crippen LogP contribution in [0.15, 0.2) is 71.4 Å². The highest BCUT2D eigenvalue weighted by molar-refractivity contribution is 7.90. The van der Waals surface area contributed by atoms with E-state index in [2.05, 4.69) is 4.98 Å². The lowest BCUT2D eigenvalue weighted by atomic mass is 9.92. The fourth-order valence-corrected chi connectivity index (χ4v) is 4.00. The molecule has 29 heavy (non-hydrogen) atoms. The van der Waals surface area contributed by atoms with Crippen molar-refractivity contribution in [3.8, 4) is 5.88 Å². The Morgan fingerprint density at radius 1 is 1.00 bits per heavy atom. The number of carbonyl (C=O) groups is 1. The van der Waals surface area contributed by atoms with Gasteiger partial charge in [-0.15, -0.1) is 0 Å². The van der Waals surface area contributed by atoms with E-state index in [0.29, 0.717) is 11.1 Å². The van der Waals surface area contributed by atoms with Gasteiger partial charge in [-0.05, 0) is 36.9 Å². The van der Waals surface area contributed by atoms with Crippen LogP contribution in [0.25, 0.3) is 16.3 Å². The molecule has 0 unspecified atom stereocenters. The summed E-state index contributed by atoms with van der Waals surface area (Å²) in [5.74, 6) is -0.268. The lowest BCUT2D eigenvalue weighted by Gasteiger charge is -2.21. The summed E-state index contributed by atoms with van der Waals surface area (Å²) < 4.78 is 34.8. The van der Waals surface area contributed by atoms with Crippen molar-refractivity contribution in [3.63, 3.8) is 0 Å². The van der Waals surface area contributed by atoms with Crippen LogP contribution >= 0.6 is 0 Å². The summed E-state index contributed by atoms with van der Waals surface area (Å²) in [5, 5.41) is 1.89. The number of nitrogens with zero attached hydrogens (tertiary/aromatic N) is 1. The molecule has 7 heteroatoms. The van der Waals surface area contributed by atoms with Gasteiger partial charge in [-0.2, -0.15) is 0 Å². The van der Waals surface area contributed by atoms with Crippen molar-refractivity contribution < 1.29 is 22.7 Å². The number of cyclic esters (lactones) is 1. The van der Waals surface area contributed by atoms with Crippen molar-refractivity contribution in [2.24, 2.45) is 0 Å². The largest absolute Gasteiger partial charge is 0.449 e. The fraction of sp³-hybridized carbons (Fsp3) is 0.182. The molecule has 0 atom stereocenters. The van der Waals surface area contributed by atoms with E-state index in [0.717, 1.165) is 17.0 Å². The molecule has 1 aliphatic heterocycles. The van der Waals surface area contributed by atoms with Gasteiger partial charge in [0.1, 0.15) is 5.60 Å². The molecular formula is C22H19NO5S. The number of ether oxygens (including phenoxy) is 2. The van der Waals surface area contributed by atoms with Crippen molar-refractivity contribution in [3.05, 3.63) is 72.1 Å². The first-order chi connectivity index (χ1) is 13.6. The zero-order valence-electron chi connectivity index (χ0n) is 16.2. The molecule has 2 aromatic carbocycles. The maximum atomic E-state index is 12.5. The Labute approximate surface area is 168 Å². The third-order valence-corrected chi connectivity index (χ3v) is 5.87. The highest BCUT2D eigenvalue weighted by Gasteiger charge is 2.43. The number of carbonyl (C=O) groups excluding carboxylic acids is 1. The molecule has 0 spiro atoms. The van der Waals surface area contributed by atoms with Crippen LogP contribution in [0.5, 0.6) is 5.88 Å². The molecule has 0 saturated heterocycles. The van der Waals surface area contributed by atoms with E-state index in [1.165, 1.54) is 12.1 Å². The molecule has 6 nitrogen and oxygen atoms in total. The Morgan fingerprint density at radius 3 is 2.31 bits per heavy atom. The number of aromatic nitrogens is 1. The van der Waals surface area contributed by atoms with Crippen LogP contribution in [0.1, 0.15) is 19.4 Å². The molecule has 1 aromatic heterocycles. The quantitative estimate of drug-likeness (QED) is 0.610. The van der Waals surface area contributed by atoms with Crippen molar-refractivity contribution in [1.82, 2.24) is 4.98 Å². The van der Waals surface area contributed by atoms with Crippen molar-refractivity contribution >= 4 is 32.2 Å². The van der Waals surface area contributed by atoms with E-state index in [-0.39, 0.29) is 16.5 Å². The van der Waals surface area contributed by atoms with Gasteiger partial charge in [-0.25, -0.2) is 18.2 Å². The maximum absolute atomic E-state index is 12.5. The molecule has 2 heterocycles. The van der Waals surface area contributed by atoms with Crippen LogP contribution in [0.4, 0.5) is 0 Å². The molecule has 0 radical (unpaired) electrons. The van der Waals surface area contributed by atoms with Gasteiger partial charge in [0.25, 0.3) is 0 Å². The summed E-state index contributed by atoms with van der Waals surface area (Å²) >= 11 is 0. The number of hydrogen-bond donors (Lipinski definition) is 0. The second-order valence-electron chi connectivity index (χ2n) is 7.37. The second-order valence-corrected chi connectivity index (χ2v) is 9.39. The summed E-state index contributed by atoms with van der Waals surface area (Å²) in [6, 6.07) is 15.7. The maximum Gasteiger partial charge on any atom is 0.375 e. The predicted molar refractivity (Wildman–Crippen MR) is 109 cm³/mol. The van der Waals surface area contributed by atoms with E-state index >= 15 is 0 Å². The highest BCUT2D eigenvalue weighted by atomic mass is 32.2. The third-order valence-electron chi connectivity index (χ3n) is 4.75. The van der Waals surface area contributed by atoms with Crippen LogP contribution in [-0.4, -0.2) is 31.2 Å². The molecule has 4 rings (SSSR count). The summed E-state index contributed by atoms with van der Waals surface area (Å²) in [6.45, 7) is 3.52. The minimum atomic E-state index is -3.32. The van der Waals surface area contributed by atoms with Crippen LogP contribution < -0.4 is 4.74 Å². The van der Waals surface area contributed by atoms with E-state index in [1.54, 1.807) is 38.2 Å². The smallest absolute Gasteiger partial charge is 0.375 e. The van der Waals surface area contributed by atoms with Crippen molar-refractivity contribution in [1.29, 1.82) is 0 Å². The molecule has 0 N–H and O–H groups in total. The number of benzene rings is 2. The minimum Gasteiger partial charge on any atom is -0.449 e. The lowest BCUT2D eigenvalue weighted by molar-refractivity contribution is -0.145. The first kappa shape index (κ1) is 19.1. The number of fused-ring (bicyclic) bond motifs is 1. The molecule has 0 amide bonds. The number of pyridine rings is 1.